The fourth-order valence-corrected chi connectivity index (χ4v) is 3.49. The minimum atomic E-state index is -3.77. The molecule has 1 aromatic carbocycles. The third-order valence-corrected chi connectivity index (χ3v) is 5.05. The lowest BCUT2D eigenvalue weighted by Gasteiger charge is -2.08. The number of nitrogens with zero attached hydrogens (tertiary/aromatic N) is 1. The molecule has 0 bridgehead atoms. The van der Waals surface area contributed by atoms with Crippen molar-refractivity contribution in [1.29, 1.82) is 0 Å². The summed E-state index contributed by atoms with van der Waals surface area (Å²) in [5.74, 6) is 0. The Morgan fingerprint density at radius 3 is 2.58 bits per heavy atom. The number of sulfonamides is 1. The summed E-state index contributed by atoms with van der Waals surface area (Å²) in [6.45, 7) is 0. The Morgan fingerprint density at radius 2 is 2.00 bits per heavy atom. The highest BCUT2D eigenvalue weighted by Gasteiger charge is 2.20. The lowest BCUT2D eigenvalue weighted by molar-refractivity contribution is -0.383. The van der Waals surface area contributed by atoms with Crippen molar-refractivity contribution in [2.45, 2.75) is 4.21 Å². The van der Waals surface area contributed by atoms with E-state index in [0.717, 1.165) is 11.3 Å². The molecule has 0 saturated heterocycles. The number of hydrogen-bond acceptors (Lipinski definition) is 6. The number of nitrogens with one attached hydrogen (secondary N) is 1. The van der Waals surface area contributed by atoms with Crippen LogP contribution in [0.1, 0.15) is 0 Å². The smallest absolute Gasteiger partial charge is 0.294 e. The van der Waals surface area contributed by atoms with Gasteiger partial charge in [-0.2, -0.15) is 0 Å². The average molecular weight is 299 g/mol. The van der Waals surface area contributed by atoms with E-state index in [-0.39, 0.29) is 21.3 Å². The molecule has 0 spiro atoms. The van der Waals surface area contributed by atoms with Gasteiger partial charge in [0.15, 0.2) is 0 Å². The van der Waals surface area contributed by atoms with Gasteiger partial charge < -0.3 is 5.73 Å². The number of nitrogens with two attached hydrogens (primary N) is 1. The molecule has 1 heterocycles. The van der Waals surface area contributed by atoms with Crippen molar-refractivity contribution in [3.8, 4) is 0 Å². The number of rotatable bonds is 4. The molecule has 0 aliphatic rings. The topological polar surface area (TPSA) is 115 Å². The third kappa shape index (κ3) is 2.66. The summed E-state index contributed by atoms with van der Waals surface area (Å²) < 4.78 is 26.3. The second-order valence-electron chi connectivity index (χ2n) is 3.53. The van der Waals surface area contributed by atoms with Crippen LogP contribution in [-0.4, -0.2) is 13.3 Å². The highest BCUT2D eigenvalue weighted by Crippen LogP contribution is 2.31. The molecule has 2 aromatic rings. The van der Waals surface area contributed by atoms with Gasteiger partial charge >= 0.3 is 0 Å². The van der Waals surface area contributed by atoms with Crippen LogP contribution in [0.4, 0.5) is 17.1 Å². The molecular formula is C10H9N3O4S2. The summed E-state index contributed by atoms with van der Waals surface area (Å²) >= 11 is 1.04. The Balaban J connectivity index is 2.40. The largest absolute Gasteiger partial charge is 0.391 e. The first-order valence-corrected chi connectivity index (χ1v) is 7.37. The lowest BCUT2D eigenvalue weighted by atomic mass is 10.2. The van der Waals surface area contributed by atoms with Crippen molar-refractivity contribution in [3.05, 3.63) is 45.8 Å². The van der Waals surface area contributed by atoms with Crippen LogP contribution >= 0.6 is 11.3 Å². The van der Waals surface area contributed by atoms with E-state index in [1.165, 1.54) is 24.3 Å². The summed E-state index contributed by atoms with van der Waals surface area (Å²) in [6.07, 6.45) is 0. The maximum absolute atomic E-state index is 12.0. The monoisotopic (exact) mass is 299 g/mol. The summed E-state index contributed by atoms with van der Waals surface area (Å²) in [7, 11) is -3.77. The summed E-state index contributed by atoms with van der Waals surface area (Å²) in [4.78, 5) is 10.1. The van der Waals surface area contributed by atoms with E-state index in [0.29, 0.717) is 0 Å². The SMILES string of the molecule is Nc1c(NS(=O)(=O)c2cccs2)cccc1[N+](=O)[O-]. The minimum absolute atomic E-state index is 0.0115. The van der Waals surface area contributed by atoms with Gasteiger partial charge in [-0.15, -0.1) is 11.3 Å². The molecule has 100 valence electrons. The lowest BCUT2D eigenvalue weighted by Crippen LogP contribution is -2.13. The second-order valence-corrected chi connectivity index (χ2v) is 6.39. The molecule has 0 atom stereocenters. The van der Waals surface area contributed by atoms with Gasteiger partial charge in [0.1, 0.15) is 9.90 Å². The average Bonchev–Trinajstić information content (AvgIpc) is 2.85. The van der Waals surface area contributed by atoms with Gasteiger partial charge in [0.25, 0.3) is 15.7 Å². The fourth-order valence-electron chi connectivity index (χ4n) is 1.41. The molecule has 0 aliphatic heterocycles. The number of para-hydroxylation sites is 1. The number of nitrogen functional groups attached to an aromatic ring is 1. The number of nitro groups is 1. The van der Waals surface area contributed by atoms with E-state index < -0.39 is 14.9 Å². The van der Waals surface area contributed by atoms with Crippen LogP contribution in [0.3, 0.4) is 0 Å². The van der Waals surface area contributed by atoms with Gasteiger partial charge in [-0.05, 0) is 17.5 Å². The quantitative estimate of drug-likeness (QED) is 0.509. The molecule has 0 fully saturated rings. The van der Waals surface area contributed by atoms with Gasteiger partial charge in [0.05, 0.1) is 10.6 Å². The molecule has 0 amide bonds. The van der Waals surface area contributed by atoms with Gasteiger partial charge in [-0.25, -0.2) is 8.42 Å². The number of nitro benzene ring substituents is 1. The van der Waals surface area contributed by atoms with E-state index in [4.69, 9.17) is 5.73 Å². The van der Waals surface area contributed by atoms with Crippen molar-refractivity contribution < 1.29 is 13.3 Å². The van der Waals surface area contributed by atoms with E-state index in [1.54, 1.807) is 11.4 Å². The zero-order chi connectivity index (χ0) is 14.0. The maximum atomic E-state index is 12.0. The van der Waals surface area contributed by atoms with Crippen molar-refractivity contribution in [3.63, 3.8) is 0 Å². The third-order valence-electron chi connectivity index (χ3n) is 2.28. The zero-order valence-corrected chi connectivity index (χ0v) is 11.1. The van der Waals surface area contributed by atoms with Crippen LogP contribution in [0, 0.1) is 10.1 Å². The number of thiophene rings is 1. The van der Waals surface area contributed by atoms with Crippen LogP contribution in [0.25, 0.3) is 0 Å². The van der Waals surface area contributed by atoms with Crippen molar-refractivity contribution in [2.75, 3.05) is 10.5 Å². The van der Waals surface area contributed by atoms with E-state index in [1.807, 2.05) is 0 Å². The molecule has 1 aromatic heterocycles. The molecule has 7 nitrogen and oxygen atoms in total. The van der Waals surface area contributed by atoms with Gasteiger partial charge in [-0.3, -0.25) is 14.8 Å². The second kappa shape index (κ2) is 4.86. The predicted molar refractivity (Wildman–Crippen MR) is 72.6 cm³/mol. The fraction of sp³-hybridized carbons (Fsp3) is 0. The molecule has 0 saturated carbocycles. The summed E-state index contributed by atoms with van der Waals surface area (Å²) in [5, 5.41) is 12.3. The molecule has 0 unspecified atom stereocenters. The Labute approximate surface area is 112 Å². The van der Waals surface area contributed by atoms with Crippen LogP contribution in [0.15, 0.2) is 39.9 Å². The van der Waals surface area contributed by atoms with E-state index >= 15 is 0 Å². The highest BCUT2D eigenvalue weighted by atomic mass is 32.2. The van der Waals surface area contributed by atoms with E-state index in [2.05, 4.69) is 4.72 Å². The summed E-state index contributed by atoms with van der Waals surface area (Å²) in [5.41, 5.74) is 5.01. The van der Waals surface area contributed by atoms with Crippen LogP contribution in [0.2, 0.25) is 0 Å². The van der Waals surface area contributed by atoms with Crippen molar-refractivity contribution in [1.82, 2.24) is 0 Å². The standard InChI is InChI=1S/C10H9N3O4S2/c11-10-7(3-1-4-8(10)13(14)15)12-19(16,17)9-5-2-6-18-9/h1-6,12H,11H2. The van der Waals surface area contributed by atoms with Crippen LogP contribution in [-0.2, 0) is 10.0 Å². The maximum Gasteiger partial charge on any atom is 0.294 e. The molecule has 3 N–H and O–H groups in total. The molecule has 2 rings (SSSR count). The Kier molecular flexibility index (Phi) is 3.40. The van der Waals surface area contributed by atoms with Gasteiger partial charge in [0, 0.05) is 6.07 Å². The number of hydrogen-bond donors (Lipinski definition) is 2. The molecule has 0 aliphatic carbocycles. The van der Waals surface area contributed by atoms with Crippen molar-refractivity contribution >= 4 is 38.4 Å². The molecule has 9 heteroatoms. The minimum Gasteiger partial charge on any atom is -0.391 e. The highest BCUT2D eigenvalue weighted by molar-refractivity contribution is 7.94. The van der Waals surface area contributed by atoms with Gasteiger partial charge in [-0.1, -0.05) is 12.1 Å². The molecule has 0 radical (unpaired) electrons. The van der Waals surface area contributed by atoms with Gasteiger partial charge in [0.2, 0.25) is 0 Å². The Hall–Kier alpha value is -2.13. The van der Waals surface area contributed by atoms with Crippen LogP contribution in [0.5, 0.6) is 0 Å². The Bertz CT molecular complexity index is 710. The van der Waals surface area contributed by atoms with Crippen LogP contribution < -0.4 is 10.5 Å². The number of benzene rings is 1. The van der Waals surface area contributed by atoms with Crippen molar-refractivity contribution in [2.24, 2.45) is 0 Å². The predicted octanol–water partition coefficient (Wildman–Crippen LogP) is 2.04. The normalized spacial score (nSPS) is 11.2. The Morgan fingerprint density at radius 1 is 1.26 bits per heavy atom. The first-order chi connectivity index (χ1) is 8.92. The van der Waals surface area contributed by atoms with E-state index in [9.17, 15) is 18.5 Å². The molecular weight excluding hydrogens is 290 g/mol. The number of anilines is 2. The first-order valence-electron chi connectivity index (χ1n) is 5.01. The molecule has 19 heavy (non-hydrogen) atoms. The summed E-state index contributed by atoms with van der Waals surface area (Å²) in [6, 6.07) is 6.96. The first kappa shape index (κ1) is 13.3. The zero-order valence-electron chi connectivity index (χ0n) is 9.44.